The number of benzene rings is 2. The fraction of sp³-hybridized carbons (Fsp3) is 0.333. The van der Waals surface area contributed by atoms with Crippen molar-refractivity contribution in [2.75, 3.05) is 24.5 Å². The van der Waals surface area contributed by atoms with Crippen LogP contribution in [0.3, 0.4) is 0 Å². The minimum Gasteiger partial charge on any atom is -0.507 e. The third-order valence-corrected chi connectivity index (χ3v) is 4.67. The van der Waals surface area contributed by atoms with Crippen LogP contribution in [0.2, 0.25) is 0 Å². The van der Waals surface area contributed by atoms with Gasteiger partial charge in [0, 0.05) is 43.2 Å². The van der Waals surface area contributed by atoms with E-state index < -0.39 is 0 Å². The number of aromatic hydroxyl groups is 1. The lowest BCUT2D eigenvalue weighted by Gasteiger charge is -2.21. The molecule has 0 spiro atoms. The van der Waals surface area contributed by atoms with Crippen molar-refractivity contribution < 1.29 is 5.11 Å². The molecule has 3 aromatic rings. The summed E-state index contributed by atoms with van der Waals surface area (Å²) in [6.45, 7) is 9.47. The van der Waals surface area contributed by atoms with E-state index in [-0.39, 0.29) is 5.75 Å². The second kappa shape index (κ2) is 8.04. The van der Waals surface area contributed by atoms with Gasteiger partial charge in [-0.05, 0) is 45.0 Å². The van der Waals surface area contributed by atoms with Crippen LogP contribution in [0, 0.1) is 6.92 Å². The summed E-state index contributed by atoms with van der Waals surface area (Å²) in [6.07, 6.45) is 1.75. The van der Waals surface area contributed by atoms with Crippen LogP contribution in [0.4, 0.5) is 5.69 Å². The molecule has 136 valence electrons. The van der Waals surface area contributed by atoms with Crippen molar-refractivity contribution in [3.8, 4) is 5.75 Å². The van der Waals surface area contributed by atoms with Gasteiger partial charge in [0.15, 0.2) is 0 Å². The molecule has 0 aliphatic carbocycles. The summed E-state index contributed by atoms with van der Waals surface area (Å²) in [5.41, 5.74) is 3.92. The van der Waals surface area contributed by atoms with Crippen LogP contribution >= 0.6 is 0 Å². The first-order valence-electron chi connectivity index (χ1n) is 9.13. The molecule has 0 amide bonds. The summed E-state index contributed by atoms with van der Waals surface area (Å²) < 4.78 is 2.18. The molecule has 1 heterocycles. The molecular formula is C21H26N4O. The van der Waals surface area contributed by atoms with E-state index in [4.69, 9.17) is 0 Å². The molecular weight excluding hydrogens is 324 g/mol. The lowest BCUT2D eigenvalue weighted by molar-refractivity contribution is 0.474. The summed E-state index contributed by atoms with van der Waals surface area (Å²) in [7, 11) is 0. The van der Waals surface area contributed by atoms with Crippen molar-refractivity contribution in [2.24, 2.45) is 4.99 Å². The second-order valence-corrected chi connectivity index (χ2v) is 6.25. The lowest BCUT2D eigenvalue weighted by atomic mass is 10.2. The summed E-state index contributed by atoms with van der Waals surface area (Å²) in [4.78, 5) is 11.3. The molecule has 0 aliphatic rings. The number of hydrogen-bond donors (Lipinski definition) is 1. The first kappa shape index (κ1) is 18.0. The van der Waals surface area contributed by atoms with Gasteiger partial charge in [0.25, 0.3) is 0 Å². The number of aryl methyl sites for hydroxylation is 1. The van der Waals surface area contributed by atoms with E-state index in [0.717, 1.165) is 47.7 Å². The van der Waals surface area contributed by atoms with Crippen LogP contribution in [-0.2, 0) is 6.54 Å². The van der Waals surface area contributed by atoms with Gasteiger partial charge in [0.05, 0.1) is 17.6 Å². The average molecular weight is 350 g/mol. The highest BCUT2D eigenvalue weighted by Crippen LogP contribution is 2.23. The highest BCUT2D eigenvalue weighted by molar-refractivity contribution is 5.84. The smallest absolute Gasteiger partial charge is 0.126 e. The molecule has 0 unspecified atom stereocenters. The minimum absolute atomic E-state index is 0.266. The third-order valence-electron chi connectivity index (χ3n) is 4.67. The van der Waals surface area contributed by atoms with Crippen LogP contribution < -0.4 is 4.90 Å². The Bertz CT molecular complexity index is 910. The molecule has 1 N–H and O–H groups in total. The monoisotopic (exact) mass is 350 g/mol. The van der Waals surface area contributed by atoms with Gasteiger partial charge in [0.1, 0.15) is 11.6 Å². The second-order valence-electron chi connectivity index (χ2n) is 6.25. The molecule has 0 radical (unpaired) electrons. The van der Waals surface area contributed by atoms with Crippen LogP contribution in [0.1, 0.15) is 25.2 Å². The van der Waals surface area contributed by atoms with E-state index in [1.165, 1.54) is 0 Å². The fourth-order valence-electron chi connectivity index (χ4n) is 3.23. The predicted molar refractivity (Wildman–Crippen MR) is 109 cm³/mol. The van der Waals surface area contributed by atoms with Crippen LogP contribution in [0.15, 0.2) is 47.5 Å². The Balaban J connectivity index is 1.68. The number of hydrogen-bond acceptors (Lipinski definition) is 4. The van der Waals surface area contributed by atoms with E-state index >= 15 is 0 Å². The Morgan fingerprint density at radius 1 is 1.15 bits per heavy atom. The number of aromatic nitrogens is 2. The zero-order valence-electron chi connectivity index (χ0n) is 15.7. The van der Waals surface area contributed by atoms with Crippen LogP contribution in [-0.4, -0.2) is 40.5 Å². The molecule has 0 fully saturated rings. The molecule has 1 aromatic heterocycles. The van der Waals surface area contributed by atoms with Gasteiger partial charge in [-0.15, -0.1) is 0 Å². The summed E-state index contributed by atoms with van der Waals surface area (Å²) >= 11 is 0. The molecule has 0 saturated heterocycles. The van der Waals surface area contributed by atoms with Gasteiger partial charge >= 0.3 is 0 Å². The highest BCUT2D eigenvalue weighted by Gasteiger charge is 2.07. The van der Waals surface area contributed by atoms with Crippen molar-refractivity contribution in [1.82, 2.24) is 9.55 Å². The van der Waals surface area contributed by atoms with Crippen molar-refractivity contribution >= 4 is 22.9 Å². The van der Waals surface area contributed by atoms with Crippen molar-refractivity contribution in [2.45, 2.75) is 27.3 Å². The SMILES string of the molecule is CCN(CC)c1ccc(C=NCCn2c(C)nc3ccccc32)c(O)c1. The average Bonchev–Trinajstić information content (AvgIpc) is 2.96. The zero-order chi connectivity index (χ0) is 18.5. The molecule has 26 heavy (non-hydrogen) atoms. The normalized spacial score (nSPS) is 11.5. The van der Waals surface area contributed by atoms with E-state index in [1.54, 1.807) is 6.21 Å². The van der Waals surface area contributed by atoms with E-state index in [9.17, 15) is 5.11 Å². The number of phenolic OH excluding ortho intramolecular Hbond substituents is 1. The van der Waals surface area contributed by atoms with Crippen LogP contribution in [0.25, 0.3) is 11.0 Å². The number of phenols is 1. The van der Waals surface area contributed by atoms with Crippen LogP contribution in [0.5, 0.6) is 5.75 Å². The number of aliphatic imine (C=N–C) groups is 1. The Kier molecular flexibility index (Phi) is 5.56. The number of imidazole rings is 1. The fourth-order valence-corrected chi connectivity index (χ4v) is 3.23. The maximum absolute atomic E-state index is 10.3. The Morgan fingerprint density at radius 3 is 2.65 bits per heavy atom. The number of nitrogens with zero attached hydrogens (tertiary/aromatic N) is 4. The summed E-state index contributed by atoms with van der Waals surface area (Å²) in [5, 5.41) is 10.3. The largest absolute Gasteiger partial charge is 0.507 e. The van der Waals surface area contributed by atoms with Gasteiger partial charge in [-0.2, -0.15) is 0 Å². The predicted octanol–water partition coefficient (Wildman–Crippen LogP) is 4.02. The molecule has 5 heteroatoms. The first-order valence-corrected chi connectivity index (χ1v) is 9.13. The molecule has 0 saturated carbocycles. The Hall–Kier alpha value is -2.82. The quantitative estimate of drug-likeness (QED) is 0.655. The van der Waals surface area contributed by atoms with E-state index in [0.29, 0.717) is 6.54 Å². The molecule has 0 atom stereocenters. The summed E-state index contributed by atoms with van der Waals surface area (Å²) in [6, 6.07) is 13.9. The lowest BCUT2D eigenvalue weighted by Crippen LogP contribution is -2.21. The van der Waals surface area contributed by atoms with Gasteiger partial charge in [-0.1, -0.05) is 12.1 Å². The van der Waals surface area contributed by atoms with Crippen molar-refractivity contribution in [1.29, 1.82) is 0 Å². The first-order chi connectivity index (χ1) is 12.6. The number of anilines is 1. The Labute approximate surface area is 154 Å². The van der Waals surface area contributed by atoms with Gasteiger partial charge in [0.2, 0.25) is 0 Å². The number of rotatable bonds is 7. The van der Waals surface area contributed by atoms with E-state index in [2.05, 4.69) is 39.4 Å². The van der Waals surface area contributed by atoms with Gasteiger partial charge in [-0.25, -0.2) is 4.98 Å². The standard InChI is InChI=1S/C21H26N4O/c1-4-24(5-2)18-11-10-17(21(26)14-18)15-22-12-13-25-16(3)23-19-8-6-7-9-20(19)25/h6-11,14-15,26H,4-5,12-13H2,1-3H3. The Morgan fingerprint density at radius 2 is 1.92 bits per heavy atom. The van der Waals surface area contributed by atoms with E-state index in [1.807, 2.05) is 43.3 Å². The molecule has 5 nitrogen and oxygen atoms in total. The zero-order valence-corrected chi connectivity index (χ0v) is 15.7. The molecule has 3 rings (SSSR count). The minimum atomic E-state index is 0.266. The van der Waals surface area contributed by atoms with Gasteiger partial charge in [-0.3, -0.25) is 4.99 Å². The molecule has 0 bridgehead atoms. The topological polar surface area (TPSA) is 53.7 Å². The van der Waals surface area contributed by atoms with Crippen molar-refractivity contribution in [3.63, 3.8) is 0 Å². The summed E-state index contributed by atoms with van der Waals surface area (Å²) in [5.74, 6) is 1.26. The maximum Gasteiger partial charge on any atom is 0.126 e. The molecule has 2 aromatic carbocycles. The maximum atomic E-state index is 10.3. The van der Waals surface area contributed by atoms with Gasteiger partial charge < -0.3 is 14.6 Å². The number of para-hydroxylation sites is 2. The number of fused-ring (bicyclic) bond motifs is 1. The third kappa shape index (κ3) is 3.72. The molecule has 0 aliphatic heterocycles. The van der Waals surface area contributed by atoms with Crippen molar-refractivity contribution in [3.05, 3.63) is 53.9 Å². The highest BCUT2D eigenvalue weighted by atomic mass is 16.3.